The highest BCUT2D eigenvalue weighted by Gasteiger charge is 2.38. The minimum absolute atomic E-state index is 0.216. The summed E-state index contributed by atoms with van der Waals surface area (Å²) in [4.78, 5) is 39.9. The molecule has 6 heteroatoms. The van der Waals surface area contributed by atoms with Crippen LogP contribution in [0.5, 0.6) is 5.75 Å². The third kappa shape index (κ3) is 3.12. The molecule has 0 bridgehead atoms. The van der Waals surface area contributed by atoms with Gasteiger partial charge in [-0.15, -0.1) is 0 Å². The summed E-state index contributed by atoms with van der Waals surface area (Å²) in [7, 11) is 1.52. The summed E-state index contributed by atoms with van der Waals surface area (Å²) in [5.74, 6) is -0.692. The number of fused-ring (bicyclic) bond motifs is 1. The normalized spacial score (nSPS) is 12.7. The number of aryl methyl sites for hydroxylation is 1. The van der Waals surface area contributed by atoms with Gasteiger partial charge in [0.05, 0.1) is 29.6 Å². The van der Waals surface area contributed by atoms with Crippen LogP contribution < -0.4 is 15.0 Å². The number of imide groups is 1. The monoisotopic (exact) mass is 400 g/mol. The van der Waals surface area contributed by atoms with Crippen LogP contribution in [0.25, 0.3) is 0 Å². The Bertz CT molecular complexity index is 1200. The van der Waals surface area contributed by atoms with Gasteiger partial charge in [-0.25, -0.2) is 4.90 Å². The number of rotatable bonds is 4. The Morgan fingerprint density at radius 1 is 0.900 bits per heavy atom. The Balaban J connectivity index is 1.67. The number of hydrogen-bond donors (Lipinski definition) is 1. The molecule has 3 amide bonds. The molecule has 0 aliphatic carbocycles. The van der Waals surface area contributed by atoms with Gasteiger partial charge in [-0.2, -0.15) is 0 Å². The number of benzene rings is 3. The lowest BCUT2D eigenvalue weighted by Gasteiger charge is -2.17. The Hall–Kier alpha value is -3.93. The third-order valence-electron chi connectivity index (χ3n) is 5.32. The molecule has 30 heavy (non-hydrogen) atoms. The van der Waals surface area contributed by atoms with Crippen LogP contribution in [-0.2, 0) is 0 Å². The first-order valence-corrected chi connectivity index (χ1v) is 9.45. The highest BCUT2D eigenvalue weighted by molar-refractivity contribution is 6.35. The average molecular weight is 400 g/mol. The average Bonchev–Trinajstić information content (AvgIpc) is 3.00. The lowest BCUT2D eigenvalue weighted by molar-refractivity contribution is 0.0925. The molecule has 0 spiro atoms. The Morgan fingerprint density at radius 3 is 2.40 bits per heavy atom. The molecule has 0 aromatic heterocycles. The Kier molecular flexibility index (Phi) is 4.83. The quantitative estimate of drug-likeness (QED) is 0.660. The van der Waals surface area contributed by atoms with Crippen molar-refractivity contribution in [1.29, 1.82) is 0 Å². The van der Waals surface area contributed by atoms with E-state index < -0.39 is 11.8 Å². The summed E-state index contributed by atoms with van der Waals surface area (Å²) < 4.78 is 5.25. The van der Waals surface area contributed by atoms with Gasteiger partial charge in [-0.1, -0.05) is 24.3 Å². The topological polar surface area (TPSA) is 75.7 Å². The molecule has 0 unspecified atom stereocenters. The largest absolute Gasteiger partial charge is 0.495 e. The number of anilines is 2. The second-order valence-electron chi connectivity index (χ2n) is 7.08. The zero-order valence-electron chi connectivity index (χ0n) is 16.9. The van der Waals surface area contributed by atoms with Crippen molar-refractivity contribution in [2.75, 3.05) is 17.3 Å². The Labute approximate surface area is 174 Å². The molecule has 3 aromatic carbocycles. The summed E-state index contributed by atoms with van der Waals surface area (Å²) in [6.45, 7) is 3.80. The van der Waals surface area contributed by atoms with Crippen molar-refractivity contribution in [3.63, 3.8) is 0 Å². The molecule has 0 saturated heterocycles. The van der Waals surface area contributed by atoms with Gasteiger partial charge in [-0.3, -0.25) is 14.4 Å². The van der Waals surface area contributed by atoms with Gasteiger partial charge in [0.1, 0.15) is 5.75 Å². The van der Waals surface area contributed by atoms with Gasteiger partial charge >= 0.3 is 0 Å². The van der Waals surface area contributed by atoms with Gasteiger partial charge in [0.15, 0.2) is 0 Å². The predicted octanol–water partition coefficient (Wildman–Crippen LogP) is 4.36. The fraction of sp³-hybridized carbons (Fsp3) is 0.125. The zero-order valence-corrected chi connectivity index (χ0v) is 16.9. The van der Waals surface area contributed by atoms with Crippen LogP contribution >= 0.6 is 0 Å². The van der Waals surface area contributed by atoms with Crippen molar-refractivity contribution < 1.29 is 19.1 Å². The van der Waals surface area contributed by atoms with Crippen molar-refractivity contribution in [2.24, 2.45) is 0 Å². The second-order valence-corrected chi connectivity index (χ2v) is 7.08. The molecular formula is C24H20N2O4. The van der Waals surface area contributed by atoms with Gasteiger partial charge in [0.25, 0.3) is 17.7 Å². The van der Waals surface area contributed by atoms with E-state index >= 15 is 0 Å². The number of nitrogens with zero attached hydrogens (tertiary/aromatic N) is 1. The molecule has 150 valence electrons. The number of carbonyl (C=O) groups is 3. The van der Waals surface area contributed by atoms with Crippen LogP contribution in [0.4, 0.5) is 11.4 Å². The molecule has 3 aromatic rings. The fourth-order valence-corrected chi connectivity index (χ4v) is 3.52. The van der Waals surface area contributed by atoms with Crippen LogP contribution in [0.3, 0.4) is 0 Å². The van der Waals surface area contributed by atoms with Crippen LogP contribution in [0.1, 0.15) is 42.2 Å². The number of hydrogen-bond acceptors (Lipinski definition) is 4. The van der Waals surface area contributed by atoms with Crippen LogP contribution in [-0.4, -0.2) is 24.8 Å². The SMILES string of the molecule is COc1ccccc1NC(=O)c1ccc2c(c1)C(=O)N(c1cccc(C)c1C)C2=O. The summed E-state index contributed by atoms with van der Waals surface area (Å²) in [5.41, 5.74) is 3.71. The number of ether oxygens (including phenoxy) is 1. The zero-order chi connectivity index (χ0) is 21.4. The summed E-state index contributed by atoms with van der Waals surface area (Å²) in [6, 6.07) is 17.1. The van der Waals surface area contributed by atoms with E-state index in [0.717, 1.165) is 11.1 Å². The van der Waals surface area contributed by atoms with E-state index in [2.05, 4.69) is 5.32 Å². The molecule has 1 aliphatic heterocycles. The fourth-order valence-electron chi connectivity index (χ4n) is 3.52. The number of amides is 3. The van der Waals surface area contributed by atoms with Crippen LogP contribution in [0, 0.1) is 13.8 Å². The molecule has 1 aliphatic rings. The lowest BCUT2D eigenvalue weighted by atomic mass is 10.1. The molecule has 0 saturated carbocycles. The first kappa shape index (κ1) is 19.4. The van der Waals surface area contributed by atoms with Crippen molar-refractivity contribution in [3.05, 3.63) is 88.5 Å². The maximum absolute atomic E-state index is 13.1. The summed E-state index contributed by atoms with van der Waals surface area (Å²) in [6.07, 6.45) is 0. The molecular weight excluding hydrogens is 380 g/mol. The van der Waals surface area contributed by atoms with Crippen LogP contribution in [0.15, 0.2) is 60.7 Å². The van der Waals surface area contributed by atoms with E-state index in [1.54, 1.807) is 36.4 Å². The maximum atomic E-state index is 13.1. The van der Waals surface area contributed by atoms with E-state index in [1.165, 1.54) is 24.1 Å². The molecule has 1 N–H and O–H groups in total. The number of nitrogens with one attached hydrogen (secondary N) is 1. The van der Waals surface area contributed by atoms with E-state index in [-0.39, 0.29) is 22.6 Å². The molecule has 0 fully saturated rings. The van der Waals surface area contributed by atoms with Crippen molar-refractivity contribution in [2.45, 2.75) is 13.8 Å². The van der Waals surface area contributed by atoms with Gasteiger partial charge in [-0.05, 0) is 61.4 Å². The molecule has 1 heterocycles. The summed E-state index contributed by atoms with van der Waals surface area (Å²) >= 11 is 0. The van der Waals surface area contributed by atoms with Crippen molar-refractivity contribution >= 4 is 29.1 Å². The van der Waals surface area contributed by atoms with E-state index in [0.29, 0.717) is 17.1 Å². The first-order chi connectivity index (χ1) is 14.4. The number of para-hydroxylation sites is 2. The standard InChI is InChI=1S/C24H20N2O4/c1-14-7-6-9-20(15(14)2)26-23(28)17-12-11-16(13-18(17)24(26)29)22(27)25-19-8-4-5-10-21(19)30-3/h4-13H,1-3H3,(H,25,27). The highest BCUT2D eigenvalue weighted by atomic mass is 16.5. The highest BCUT2D eigenvalue weighted by Crippen LogP contribution is 2.32. The van der Waals surface area contributed by atoms with Gasteiger partial charge < -0.3 is 10.1 Å². The third-order valence-corrected chi connectivity index (χ3v) is 5.32. The lowest BCUT2D eigenvalue weighted by Crippen LogP contribution is -2.30. The van der Waals surface area contributed by atoms with E-state index in [4.69, 9.17) is 4.74 Å². The molecule has 6 nitrogen and oxygen atoms in total. The molecule has 4 rings (SSSR count). The van der Waals surface area contributed by atoms with E-state index in [1.807, 2.05) is 26.0 Å². The molecule has 0 atom stereocenters. The van der Waals surface area contributed by atoms with E-state index in [9.17, 15) is 14.4 Å². The minimum Gasteiger partial charge on any atom is -0.495 e. The Morgan fingerprint density at radius 2 is 1.63 bits per heavy atom. The summed E-state index contributed by atoms with van der Waals surface area (Å²) in [5, 5.41) is 2.78. The maximum Gasteiger partial charge on any atom is 0.266 e. The van der Waals surface area contributed by atoms with Gasteiger partial charge in [0.2, 0.25) is 0 Å². The smallest absolute Gasteiger partial charge is 0.266 e. The first-order valence-electron chi connectivity index (χ1n) is 9.45. The number of carbonyl (C=O) groups excluding carboxylic acids is 3. The predicted molar refractivity (Wildman–Crippen MR) is 114 cm³/mol. The second kappa shape index (κ2) is 7.48. The minimum atomic E-state index is -0.435. The van der Waals surface area contributed by atoms with Crippen LogP contribution in [0.2, 0.25) is 0 Å². The molecule has 0 radical (unpaired) electrons. The van der Waals surface area contributed by atoms with Crippen molar-refractivity contribution in [1.82, 2.24) is 0 Å². The van der Waals surface area contributed by atoms with Crippen molar-refractivity contribution in [3.8, 4) is 5.75 Å². The number of methoxy groups -OCH3 is 1. The van der Waals surface area contributed by atoms with Gasteiger partial charge in [0, 0.05) is 5.56 Å².